The molecule has 0 aromatic carbocycles. The Kier molecular flexibility index (Phi) is 3.71. The molecule has 17 heavy (non-hydrogen) atoms. The molecule has 0 radical (unpaired) electrons. The van der Waals surface area contributed by atoms with Crippen LogP contribution in [0.1, 0.15) is 30.9 Å². The second kappa shape index (κ2) is 5.08. The predicted octanol–water partition coefficient (Wildman–Crippen LogP) is 2.30. The van der Waals surface area contributed by atoms with Crippen LogP contribution in [0.3, 0.4) is 0 Å². The van der Waals surface area contributed by atoms with Crippen LogP contribution in [-0.4, -0.2) is 28.8 Å². The zero-order chi connectivity index (χ0) is 12.3. The average molecular weight is 247 g/mol. The number of nitrogens with one attached hydrogen (secondary N) is 1. The van der Waals surface area contributed by atoms with Gasteiger partial charge < -0.3 is 9.88 Å². The molecule has 2 heterocycles. The molecule has 96 valence electrons. The molecule has 1 atom stereocenters. The lowest BCUT2D eigenvalue weighted by Crippen LogP contribution is -2.13. The Hall–Kier alpha value is -1.04. The van der Waals surface area contributed by atoms with Crippen molar-refractivity contribution in [1.29, 1.82) is 0 Å². The molecule has 0 spiro atoms. The Labute approximate surface area is 98.0 Å². The van der Waals surface area contributed by atoms with E-state index in [-0.39, 0.29) is 6.42 Å². The summed E-state index contributed by atoms with van der Waals surface area (Å²) in [5.41, 5.74) is 1.05. The normalized spacial score (nSPS) is 21.0. The molecule has 1 aliphatic rings. The van der Waals surface area contributed by atoms with Gasteiger partial charge in [-0.3, -0.25) is 0 Å². The Bertz CT molecular complexity index is 353. The van der Waals surface area contributed by atoms with Gasteiger partial charge in [0.25, 0.3) is 0 Å². The van der Waals surface area contributed by atoms with Gasteiger partial charge in [0.05, 0.1) is 6.33 Å². The number of aromatic nitrogens is 2. The summed E-state index contributed by atoms with van der Waals surface area (Å²) in [4.78, 5) is 4.04. The summed E-state index contributed by atoms with van der Waals surface area (Å²) in [5.74, 6) is 0.392. The van der Waals surface area contributed by atoms with Gasteiger partial charge >= 0.3 is 6.18 Å². The third-order valence-electron chi connectivity index (χ3n) is 3.08. The number of aryl methyl sites for hydroxylation is 1. The number of rotatable bonds is 4. The molecule has 1 aromatic heterocycles. The molecular formula is C11H16F3N3. The summed E-state index contributed by atoms with van der Waals surface area (Å²) in [6, 6.07) is 0. The molecule has 0 saturated carbocycles. The van der Waals surface area contributed by atoms with Gasteiger partial charge in [-0.2, -0.15) is 13.2 Å². The Morgan fingerprint density at radius 3 is 2.94 bits per heavy atom. The molecule has 0 aliphatic carbocycles. The fourth-order valence-electron chi connectivity index (χ4n) is 2.21. The first-order valence-corrected chi connectivity index (χ1v) is 5.84. The van der Waals surface area contributed by atoms with Gasteiger partial charge in [-0.25, -0.2) is 4.98 Å². The third-order valence-corrected chi connectivity index (χ3v) is 3.08. The van der Waals surface area contributed by atoms with E-state index >= 15 is 0 Å². The van der Waals surface area contributed by atoms with Crippen molar-refractivity contribution in [3.63, 3.8) is 0 Å². The largest absolute Gasteiger partial charge is 0.389 e. The minimum Gasteiger partial charge on any atom is -0.334 e. The van der Waals surface area contributed by atoms with E-state index in [1.54, 1.807) is 12.5 Å². The maximum atomic E-state index is 12.1. The maximum absolute atomic E-state index is 12.1. The molecule has 2 rings (SSSR count). The van der Waals surface area contributed by atoms with Crippen molar-refractivity contribution < 1.29 is 13.2 Å². The summed E-state index contributed by atoms with van der Waals surface area (Å²) < 4.78 is 38.0. The molecule has 1 saturated heterocycles. The monoisotopic (exact) mass is 247 g/mol. The number of halogens is 3. The van der Waals surface area contributed by atoms with Crippen molar-refractivity contribution in [1.82, 2.24) is 14.9 Å². The van der Waals surface area contributed by atoms with Crippen molar-refractivity contribution in [2.45, 2.75) is 37.9 Å². The highest BCUT2D eigenvalue weighted by Crippen LogP contribution is 2.24. The highest BCUT2D eigenvalue weighted by molar-refractivity contribution is 5.09. The molecule has 1 aliphatic heterocycles. The van der Waals surface area contributed by atoms with Crippen LogP contribution < -0.4 is 5.32 Å². The Morgan fingerprint density at radius 1 is 1.47 bits per heavy atom. The highest BCUT2D eigenvalue weighted by Gasteiger charge is 2.26. The lowest BCUT2D eigenvalue weighted by Gasteiger charge is -2.13. The molecule has 0 amide bonds. The van der Waals surface area contributed by atoms with Crippen LogP contribution in [0, 0.1) is 0 Å². The number of hydrogen-bond donors (Lipinski definition) is 1. The molecule has 0 bridgehead atoms. The third kappa shape index (κ3) is 3.46. The summed E-state index contributed by atoms with van der Waals surface area (Å²) >= 11 is 0. The van der Waals surface area contributed by atoms with Gasteiger partial charge in [0.2, 0.25) is 0 Å². The van der Waals surface area contributed by atoms with E-state index in [1.807, 2.05) is 4.57 Å². The van der Waals surface area contributed by atoms with Gasteiger partial charge in [-0.05, 0) is 19.4 Å². The zero-order valence-corrected chi connectivity index (χ0v) is 9.50. The number of nitrogens with zero attached hydrogens (tertiary/aromatic N) is 2. The second-order valence-electron chi connectivity index (χ2n) is 4.42. The van der Waals surface area contributed by atoms with Crippen molar-refractivity contribution in [3.8, 4) is 0 Å². The summed E-state index contributed by atoms with van der Waals surface area (Å²) in [6.45, 7) is 2.26. The average Bonchev–Trinajstić information content (AvgIpc) is 2.82. The van der Waals surface area contributed by atoms with E-state index < -0.39 is 12.6 Å². The van der Waals surface area contributed by atoms with Crippen LogP contribution in [0.15, 0.2) is 12.5 Å². The van der Waals surface area contributed by atoms with E-state index in [4.69, 9.17) is 0 Å². The topological polar surface area (TPSA) is 29.9 Å². The first kappa shape index (κ1) is 12.4. The number of alkyl halides is 3. The number of imidazole rings is 1. The fourth-order valence-corrected chi connectivity index (χ4v) is 2.21. The van der Waals surface area contributed by atoms with Crippen LogP contribution in [0.2, 0.25) is 0 Å². The van der Waals surface area contributed by atoms with Crippen molar-refractivity contribution in [2.24, 2.45) is 0 Å². The van der Waals surface area contributed by atoms with E-state index in [9.17, 15) is 13.2 Å². The SMILES string of the molecule is FC(F)(F)CCCn1cncc1C1CCNC1. The van der Waals surface area contributed by atoms with E-state index in [2.05, 4.69) is 10.3 Å². The van der Waals surface area contributed by atoms with Gasteiger partial charge in [-0.1, -0.05) is 0 Å². The highest BCUT2D eigenvalue weighted by atomic mass is 19.4. The minimum atomic E-state index is -4.06. The van der Waals surface area contributed by atoms with Crippen LogP contribution >= 0.6 is 0 Å². The van der Waals surface area contributed by atoms with Crippen LogP contribution in [0.4, 0.5) is 13.2 Å². The van der Waals surface area contributed by atoms with Gasteiger partial charge in [-0.15, -0.1) is 0 Å². The summed E-state index contributed by atoms with van der Waals surface area (Å²) in [5, 5.41) is 3.25. The molecule has 1 N–H and O–H groups in total. The summed E-state index contributed by atoms with van der Waals surface area (Å²) in [6.07, 6.45) is -0.240. The predicted molar refractivity (Wildman–Crippen MR) is 57.7 cm³/mol. The second-order valence-corrected chi connectivity index (χ2v) is 4.42. The van der Waals surface area contributed by atoms with Gasteiger partial charge in [0.1, 0.15) is 0 Å². The molecular weight excluding hydrogens is 231 g/mol. The smallest absolute Gasteiger partial charge is 0.334 e. The lowest BCUT2D eigenvalue weighted by molar-refractivity contribution is -0.135. The molecule has 1 aromatic rings. The van der Waals surface area contributed by atoms with Gasteiger partial charge in [0, 0.05) is 37.3 Å². The Balaban J connectivity index is 1.90. The quantitative estimate of drug-likeness (QED) is 0.884. The van der Waals surface area contributed by atoms with E-state index in [1.165, 1.54) is 0 Å². The summed E-state index contributed by atoms with van der Waals surface area (Å²) in [7, 11) is 0. The maximum Gasteiger partial charge on any atom is 0.389 e. The molecule has 3 nitrogen and oxygen atoms in total. The van der Waals surface area contributed by atoms with E-state index in [0.717, 1.165) is 25.2 Å². The van der Waals surface area contributed by atoms with Crippen molar-refractivity contribution in [2.75, 3.05) is 13.1 Å². The first-order valence-electron chi connectivity index (χ1n) is 5.84. The molecule has 1 fully saturated rings. The minimum absolute atomic E-state index is 0.118. The van der Waals surface area contributed by atoms with Gasteiger partial charge in [0.15, 0.2) is 0 Å². The molecule has 6 heteroatoms. The van der Waals surface area contributed by atoms with E-state index in [0.29, 0.717) is 12.5 Å². The molecule has 1 unspecified atom stereocenters. The van der Waals surface area contributed by atoms with Crippen LogP contribution in [0.25, 0.3) is 0 Å². The fraction of sp³-hybridized carbons (Fsp3) is 0.727. The van der Waals surface area contributed by atoms with Crippen LogP contribution in [0.5, 0.6) is 0 Å². The zero-order valence-electron chi connectivity index (χ0n) is 9.50. The van der Waals surface area contributed by atoms with Crippen LogP contribution in [-0.2, 0) is 6.54 Å². The standard InChI is InChI=1S/C11H16F3N3/c12-11(13,14)3-1-5-17-8-16-7-10(17)9-2-4-15-6-9/h7-9,15H,1-6H2. The van der Waals surface area contributed by atoms with Crippen molar-refractivity contribution >= 4 is 0 Å². The lowest BCUT2D eigenvalue weighted by atomic mass is 10.1. The Morgan fingerprint density at radius 2 is 2.29 bits per heavy atom. The number of hydrogen-bond acceptors (Lipinski definition) is 2. The first-order chi connectivity index (χ1) is 8.06. The van der Waals surface area contributed by atoms with Crippen molar-refractivity contribution in [3.05, 3.63) is 18.2 Å².